The van der Waals surface area contributed by atoms with Gasteiger partial charge in [-0.1, -0.05) is 41.4 Å². The molecule has 2 aliphatic rings. The molecule has 1 N–H and O–H groups in total. The summed E-state index contributed by atoms with van der Waals surface area (Å²) in [7, 11) is 1.61. The molecule has 6 rings (SSSR count). The highest BCUT2D eigenvalue weighted by Gasteiger charge is 2.21. The molecule has 10 heteroatoms. The number of rotatable bonds is 8. The molecule has 2 aromatic heterocycles. The number of halogens is 2. The van der Waals surface area contributed by atoms with Crippen LogP contribution < -0.4 is 14.8 Å². The molecule has 0 amide bonds. The van der Waals surface area contributed by atoms with E-state index in [0.717, 1.165) is 28.2 Å². The molecular formula is C29H27Cl2N5O2S. The highest BCUT2D eigenvalue weighted by Crippen LogP contribution is 2.36. The van der Waals surface area contributed by atoms with E-state index in [0.29, 0.717) is 45.5 Å². The molecule has 1 aliphatic heterocycles. The Hall–Kier alpha value is -3.17. The van der Waals surface area contributed by atoms with Gasteiger partial charge in [0.1, 0.15) is 23.8 Å². The number of anilines is 2. The molecule has 200 valence electrons. The minimum atomic E-state index is 0.333. The number of hydrogen-bond acceptors (Lipinski definition) is 8. The molecule has 3 heterocycles. The van der Waals surface area contributed by atoms with Crippen LogP contribution in [0.15, 0.2) is 60.3 Å². The predicted molar refractivity (Wildman–Crippen MR) is 159 cm³/mol. The molecule has 39 heavy (non-hydrogen) atoms. The molecule has 1 atom stereocenters. The summed E-state index contributed by atoms with van der Waals surface area (Å²) in [6.07, 6.45) is 12.0. The molecule has 1 unspecified atom stereocenters. The summed E-state index contributed by atoms with van der Waals surface area (Å²) in [5.41, 5.74) is 3.65. The zero-order valence-corrected chi connectivity index (χ0v) is 23.7. The van der Waals surface area contributed by atoms with Crippen LogP contribution in [0.4, 0.5) is 11.5 Å². The monoisotopic (exact) mass is 579 g/mol. The van der Waals surface area contributed by atoms with Gasteiger partial charge >= 0.3 is 0 Å². The number of methoxy groups -OCH3 is 1. The second kappa shape index (κ2) is 11.5. The van der Waals surface area contributed by atoms with Gasteiger partial charge in [-0.25, -0.2) is 15.0 Å². The highest BCUT2D eigenvalue weighted by atomic mass is 35.5. The number of benzene rings is 2. The van der Waals surface area contributed by atoms with E-state index in [4.69, 9.17) is 37.7 Å². The van der Waals surface area contributed by atoms with Crippen molar-refractivity contribution in [2.24, 2.45) is 0 Å². The van der Waals surface area contributed by atoms with Crippen molar-refractivity contribution < 1.29 is 9.47 Å². The van der Waals surface area contributed by atoms with Gasteiger partial charge in [-0.3, -0.25) is 4.90 Å². The molecule has 0 spiro atoms. The lowest BCUT2D eigenvalue weighted by molar-refractivity contribution is 0.284. The number of fused-ring (bicyclic) bond motifs is 1. The van der Waals surface area contributed by atoms with Gasteiger partial charge in [-0.05, 0) is 62.2 Å². The van der Waals surface area contributed by atoms with Gasteiger partial charge in [0.25, 0.3) is 0 Å². The fourth-order valence-corrected chi connectivity index (χ4v) is 5.95. The van der Waals surface area contributed by atoms with Crippen LogP contribution in [0.1, 0.15) is 30.0 Å². The van der Waals surface area contributed by atoms with E-state index in [-0.39, 0.29) is 0 Å². The Balaban J connectivity index is 1.16. The molecule has 0 radical (unpaired) electrons. The molecule has 0 saturated carbocycles. The van der Waals surface area contributed by atoms with Crippen LogP contribution >= 0.6 is 34.5 Å². The van der Waals surface area contributed by atoms with E-state index in [1.54, 1.807) is 30.6 Å². The van der Waals surface area contributed by atoms with Crippen LogP contribution in [-0.4, -0.2) is 46.1 Å². The maximum Gasteiger partial charge on any atom is 0.163 e. The van der Waals surface area contributed by atoms with Crippen LogP contribution in [0.5, 0.6) is 11.5 Å². The third-order valence-electron chi connectivity index (χ3n) is 6.99. The number of nitrogens with one attached hydrogen (secondary N) is 1. The molecular weight excluding hydrogens is 553 g/mol. The van der Waals surface area contributed by atoms with Gasteiger partial charge in [0, 0.05) is 28.6 Å². The number of hydrogen-bond donors (Lipinski definition) is 1. The zero-order chi connectivity index (χ0) is 26.8. The lowest BCUT2D eigenvalue weighted by atomic mass is 10.0. The zero-order valence-electron chi connectivity index (χ0n) is 21.4. The maximum absolute atomic E-state index is 6.17. The second-order valence-corrected chi connectivity index (χ2v) is 11.2. The molecule has 1 saturated heterocycles. The largest absolute Gasteiger partial charge is 0.493 e. The quantitative estimate of drug-likeness (QED) is 0.231. The Kier molecular flexibility index (Phi) is 7.70. The van der Waals surface area contributed by atoms with Crippen LogP contribution in [0, 0.1) is 0 Å². The van der Waals surface area contributed by atoms with Crippen LogP contribution in [-0.2, 0) is 6.61 Å². The van der Waals surface area contributed by atoms with Gasteiger partial charge in [-0.15, -0.1) is 11.3 Å². The van der Waals surface area contributed by atoms with E-state index in [1.807, 2.05) is 18.2 Å². The first-order chi connectivity index (χ1) is 19.1. The summed E-state index contributed by atoms with van der Waals surface area (Å²) < 4.78 is 11.8. The third-order valence-corrected chi connectivity index (χ3v) is 8.55. The average Bonchev–Trinajstić information content (AvgIpc) is 3.67. The summed E-state index contributed by atoms with van der Waals surface area (Å²) in [4.78, 5) is 16.2. The van der Waals surface area contributed by atoms with E-state index in [9.17, 15) is 0 Å². The molecule has 7 nitrogen and oxygen atoms in total. The summed E-state index contributed by atoms with van der Waals surface area (Å²) in [5, 5.41) is 8.01. The van der Waals surface area contributed by atoms with E-state index in [1.165, 1.54) is 37.8 Å². The van der Waals surface area contributed by atoms with Crippen molar-refractivity contribution in [1.29, 1.82) is 0 Å². The summed E-state index contributed by atoms with van der Waals surface area (Å²) >= 11 is 13.8. The number of nitrogens with zero attached hydrogens (tertiary/aromatic N) is 4. The van der Waals surface area contributed by atoms with Crippen molar-refractivity contribution in [3.8, 4) is 11.5 Å². The fraction of sp³-hybridized carbons (Fsp3) is 0.276. The van der Waals surface area contributed by atoms with Crippen molar-refractivity contribution in [3.63, 3.8) is 0 Å². The summed E-state index contributed by atoms with van der Waals surface area (Å²) in [6.45, 7) is 2.74. The van der Waals surface area contributed by atoms with Crippen molar-refractivity contribution in [2.75, 3.05) is 25.5 Å². The van der Waals surface area contributed by atoms with Gasteiger partial charge in [-0.2, -0.15) is 0 Å². The first kappa shape index (κ1) is 26.1. The van der Waals surface area contributed by atoms with Crippen LogP contribution in [0.25, 0.3) is 16.5 Å². The Bertz CT molecular complexity index is 1560. The van der Waals surface area contributed by atoms with E-state index < -0.39 is 0 Å². The first-order valence-electron chi connectivity index (χ1n) is 12.8. The molecule has 1 aliphatic carbocycles. The predicted octanol–water partition coefficient (Wildman–Crippen LogP) is 7.53. The van der Waals surface area contributed by atoms with E-state index >= 15 is 0 Å². The minimum absolute atomic E-state index is 0.333. The van der Waals surface area contributed by atoms with Crippen molar-refractivity contribution in [1.82, 2.24) is 19.9 Å². The number of aromatic nitrogens is 3. The molecule has 1 fully saturated rings. The third kappa shape index (κ3) is 5.75. The van der Waals surface area contributed by atoms with Crippen molar-refractivity contribution in [3.05, 3.63) is 81.0 Å². The van der Waals surface area contributed by atoms with Crippen LogP contribution in [0.3, 0.4) is 0 Å². The van der Waals surface area contributed by atoms with Crippen molar-refractivity contribution in [2.45, 2.75) is 31.9 Å². The van der Waals surface area contributed by atoms with Crippen molar-refractivity contribution >= 4 is 62.5 Å². The molecule has 4 aromatic rings. The van der Waals surface area contributed by atoms with Crippen LogP contribution in [0.2, 0.25) is 10.0 Å². The van der Waals surface area contributed by atoms with Gasteiger partial charge in [0.2, 0.25) is 0 Å². The van der Waals surface area contributed by atoms with Gasteiger partial charge in [0.15, 0.2) is 11.5 Å². The Morgan fingerprint density at radius 3 is 2.72 bits per heavy atom. The standard InChI is InChI=1S/C29H27Cl2N5O2S/c1-37-26-13-21-24(32-17-33-29(21)34-19-6-9-22(30)23(31)12-19)14-27(26)38-15-28-35-25(16-39-28)18-4-7-20(8-5-18)36-10-2-3-11-36/h4-7,9,12-14,16-17,20H,2-3,8,10-11,15H2,1H3,(H,32,33,34). The normalized spacial score (nSPS) is 17.4. The summed E-state index contributed by atoms with van der Waals surface area (Å²) in [5.74, 6) is 1.79. The summed E-state index contributed by atoms with van der Waals surface area (Å²) in [6, 6.07) is 9.56. The fourth-order valence-electron chi connectivity index (χ4n) is 4.94. The maximum atomic E-state index is 6.17. The van der Waals surface area contributed by atoms with E-state index in [2.05, 4.69) is 43.8 Å². The number of likely N-dealkylation sites (tertiary alicyclic amines) is 1. The second-order valence-electron chi connectivity index (χ2n) is 9.48. The Labute approximate surface area is 241 Å². The lowest BCUT2D eigenvalue weighted by Gasteiger charge is -2.25. The number of allylic oxidation sites excluding steroid dienone is 2. The highest BCUT2D eigenvalue weighted by molar-refractivity contribution is 7.09. The Morgan fingerprint density at radius 1 is 1.08 bits per heavy atom. The molecule has 2 aromatic carbocycles. The topological polar surface area (TPSA) is 72.4 Å². The number of ether oxygens (including phenoxy) is 2. The average molecular weight is 581 g/mol. The smallest absolute Gasteiger partial charge is 0.163 e. The first-order valence-corrected chi connectivity index (χ1v) is 14.5. The minimum Gasteiger partial charge on any atom is -0.493 e. The number of thiazole rings is 1. The molecule has 0 bridgehead atoms. The Morgan fingerprint density at radius 2 is 1.95 bits per heavy atom. The SMILES string of the molecule is COc1cc2c(Nc3ccc(Cl)c(Cl)c3)ncnc2cc1OCc1nc(C2=CCC(N3CCCC3)C=C2)cs1. The van der Waals surface area contributed by atoms with Gasteiger partial charge < -0.3 is 14.8 Å². The van der Waals surface area contributed by atoms with Gasteiger partial charge in [0.05, 0.1) is 28.4 Å². The lowest BCUT2D eigenvalue weighted by Crippen LogP contribution is -2.31.